The van der Waals surface area contributed by atoms with Crippen LogP contribution in [-0.2, 0) is 16.1 Å². The minimum absolute atomic E-state index is 0.0416. The molecular formula is C23H20Cl2N2O3. The van der Waals surface area contributed by atoms with Crippen molar-refractivity contribution in [2.45, 2.75) is 19.9 Å². The Labute approximate surface area is 184 Å². The van der Waals surface area contributed by atoms with Gasteiger partial charge in [0.25, 0.3) is 17.7 Å². The Morgan fingerprint density at radius 3 is 2.43 bits per heavy atom. The summed E-state index contributed by atoms with van der Waals surface area (Å²) in [4.78, 5) is 40.0. The molecule has 0 spiro atoms. The molecule has 0 N–H and O–H groups in total. The Balaban J connectivity index is 1.74. The zero-order valence-corrected chi connectivity index (χ0v) is 17.8. The van der Waals surface area contributed by atoms with Gasteiger partial charge in [0.05, 0.1) is 29.0 Å². The number of hydrogen-bond acceptors (Lipinski definition) is 3. The number of fused-ring (bicyclic) bond motifs is 1. The largest absolute Gasteiger partial charge is 0.274 e. The van der Waals surface area contributed by atoms with Gasteiger partial charge in [-0.05, 0) is 42.2 Å². The van der Waals surface area contributed by atoms with Crippen molar-refractivity contribution in [1.29, 1.82) is 0 Å². The van der Waals surface area contributed by atoms with Gasteiger partial charge in [0.1, 0.15) is 0 Å². The first kappa shape index (κ1) is 20.6. The maximum absolute atomic E-state index is 13.5. The highest BCUT2D eigenvalue weighted by Crippen LogP contribution is 2.39. The zero-order chi connectivity index (χ0) is 21.4. The van der Waals surface area contributed by atoms with Crippen LogP contribution in [0.1, 0.15) is 29.3 Å². The average molecular weight is 443 g/mol. The van der Waals surface area contributed by atoms with E-state index in [9.17, 15) is 14.4 Å². The Hall–Kier alpha value is -2.63. The second-order valence-electron chi connectivity index (χ2n) is 7.61. The first-order chi connectivity index (χ1) is 14.4. The third-order valence-corrected chi connectivity index (χ3v) is 6.26. The van der Waals surface area contributed by atoms with Gasteiger partial charge in [0, 0.05) is 5.02 Å². The van der Waals surface area contributed by atoms with Crippen molar-refractivity contribution in [3.8, 4) is 0 Å². The second kappa shape index (κ2) is 8.25. The molecule has 7 heteroatoms. The van der Waals surface area contributed by atoms with Gasteiger partial charge in [-0.1, -0.05) is 66.5 Å². The molecule has 2 aromatic rings. The number of allylic oxidation sites excluding steroid dienone is 2. The summed E-state index contributed by atoms with van der Waals surface area (Å²) >= 11 is 12.2. The van der Waals surface area contributed by atoms with E-state index in [0.29, 0.717) is 11.4 Å². The fourth-order valence-corrected chi connectivity index (χ4v) is 4.48. The van der Waals surface area contributed by atoms with Gasteiger partial charge in [0.15, 0.2) is 0 Å². The Morgan fingerprint density at radius 1 is 1.07 bits per heavy atom. The summed E-state index contributed by atoms with van der Waals surface area (Å²) in [7, 11) is 0. The molecule has 2 aliphatic rings. The van der Waals surface area contributed by atoms with Crippen LogP contribution in [-0.4, -0.2) is 27.7 Å². The molecule has 1 heterocycles. The standard InChI is InChI=1S/C23H20Cl2N2O3/c1-14-5-4-7-18-20(14)23(30)27(22(18)29)26(13-15-9-11-16(24)12-10-15)21(28)17-6-2-3-8-19(17)25/h2-6,8-12,14,18,20H,7,13H2,1H3/t14-,18+,20-/m1/s1. The van der Waals surface area contributed by atoms with E-state index in [4.69, 9.17) is 23.2 Å². The molecule has 0 radical (unpaired) electrons. The van der Waals surface area contributed by atoms with Crippen molar-refractivity contribution in [3.05, 3.63) is 81.9 Å². The highest BCUT2D eigenvalue weighted by molar-refractivity contribution is 6.34. The van der Waals surface area contributed by atoms with E-state index >= 15 is 0 Å². The van der Waals surface area contributed by atoms with E-state index in [1.807, 2.05) is 19.1 Å². The number of benzene rings is 2. The number of carbonyl (C=O) groups is 3. The predicted octanol–water partition coefficient (Wildman–Crippen LogP) is 4.75. The van der Waals surface area contributed by atoms with Crippen LogP contribution >= 0.6 is 23.2 Å². The minimum atomic E-state index is -0.503. The zero-order valence-electron chi connectivity index (χ0n) is 16.3. The Kier molecular flexibility index (Phi) is 5.67. The predicted molar refractivity (Wildman–Crippen MR) is 115 cm³/mol. The van der Waals surface area contributed by atoms with Crippen molar-refractivity contribution in [2.75, 3.05) is 0 Å². The lowest BCUT2D eigenvalue weighted by atomic mass is 9.78. The molecule has 0 saturated carbocycles. The monoisotopic (exact) mass is 442 g/mol. The number of rotatable bonds is 4. The van der Waals surface area contributed by atoms with E-state index in [1.54, 1.807) is 48.5 Å². The van der Waals surface area contributed by atoms with Gasteiger partial charge in [-0.25, -0.2) is 5.01 Å². The van der Waals surface area contributed by atoms with Crippen LogP contribution < -0.4 is 0 Å². The summed E-state index contributed by atoms with van der Waals surface area (Å²) in [5, 5.41) is 3.05. The molecule has 4 rings (SSSR count). The summed E-state index contributed by atoms with van der Waals surface area (Å²) in [5.74, 6) is -2.19. The topological polar surface area (TPSA) is 57.7 Å². The first-order valence-electron chi connectivity index (χ1n) is 9.73. The molecule has 0 aromatic heterocycles. The summed E-state index contributed by atoms with van der Waals surface area (Å²) in [5.41, 5.74) is 0.969. The molecule has 3 atom stereocenters. The third-order valence-electron chi connectivity index (χ3n) is 5.68. The number of halogens is 2. The lowest BCUT2D eigenvalue weighted by molar-refractivity contribution is -0.155. The number of amides is 3. The van der Waals surface area contributed by atoms with Crippen molar-refractivity contribution in [2.24, 2.45) is 17.8 Å². The lowest BCUT2D eigenvalue weighted by Gasteiger charge is -2.31. The van der Waals surface area contributed by atoms with Gasteiger partial charge in [0.2, 0.25) is 0 Å². The number of carbonyl (C=O) groups excluding carboxylic acids is 3. The van der Waals surface area contributed by atoms with Crippen LogP contribution in [0.2, 0.25) is 10.0 Å². The quantitative estimate of drug-likeness (QED) is 0.506. The van der Waals surface area contributed by atoms with Gasteiger partial charge >= 0.3 is 0 Å². The number of nitrogens with zero attached hydrogens (tertiary/aromatic N) is 2. The molecule has 154 valence electrons. The van der Waals surface area contributed by atoms with E-state index in [1.165, 1.54) is 5.01 Å². The smallest absolute Gasteiger partial charge is 0.272 e. The fraction of sp³-hybridized carbons (Fsp3) is 0.261. The van der Waals surface area contributed by atoms with Crippen molar-refractivity contribution >= 4 is 40.9 Å². The summed E-state index contributed by atoms with van der Waals surface area (Å²) < 4.78 is 0. The van der Waals surface area contributed by atoms with Crippen molar-refractivity contribution < 1.29 is 14.4 Å². The number of imide groups is 1. The molecule has 1 saturated heterocycles. The lowest BCUT2D eigenvalue weighted by Crippen LogP contribution is -2.50. The summed E-state index contributed by atoms with van der Waals surface area (Å²) in [6.45, 7) is 1.96. The normalized spacial score (nSPS) is 22.9. The Morgan fingerprint density at radius 2 is 1.77 bits per heavy atom. The SMILES string of the molecule is C[C@@H]1C=CC[C@@H]2C(=O)N(N(Cc3ccc(Cl)cc3)C(=O)c3ccccc3Cl)C(=O)[C@H]12. The van der Waals surface area contributed by atoms with Crippen LogP contribution in [0.3, 0.4) is 0 Å². The van der Waals surface area contributed by atoms with Crippen LogP contribution in [0.5, 0.6) is 0 Å². The number of hydrazine groups is 1. The van der Waals surface area contributed by atoms with E-state index in [0.717, 1.165) is 10.6 Å². The molecule has 1 aliphatic carbocycles. The molecular weight excluding hydrogens is 423 g/mol. The molecule has 3 amide bonds. The highest BCUT2D eigenvalue weighted by atomic mass is 35.5. The van der Waals surface area contributed by atoms with Crippen LogP contribution in [0.15, 0.2) is 60.7 Å². The fourth-order valence-electron chi connectivity index (χ4n) is 4.14. The number of hydrogen-bond donors (Lipinski definition) is 0. The van der Waals surface area contributed by atoms with E-state index in [2.05, 4.69) is 0 Å². The maximum Gasteiger partial charge on any atom is 0.274 e. The van der Waals surface area contributed by atoms with Crippen LogP contribution in [0, 0.1) is 17.8 Å². The van der Waals surface area contributed by atoms with E-state index in [-0.39, 0.29) is 34.9 Å². The van der Waals surface area contributed by atoms with Gasteiger partial charge in [-0.3, -0.25) is 14.4 Å². The second-order valence-corrected chi connectivity index (χ2v) is 8.46. The van der Waals surface area contributed by atoms with Gasteiger partial charge in [-0.15, -0.1) is 0 Å². The molecule has 1 aliphatic heterocycles. The molecule has 0 bridgehead atoms. The highest BCUT2D eigenvalue weighted by Gasteiger charge is 2.53. The summed E-state index contributed by atoms with van der Waals surface area (Å²) in [6.07, 6.45) is 4.38. The maximum atomic E-state index is 13.5. The Bertz CT molecular complexity index is 1030. The van der Waals surface area contributed by atoms with Gasteiger partial charge < -0.3 is 0 Å². The molecule has 0 unspecified atom stereocenters. The average Bonchev–Trinajstić information content (AvgIpc) is 2.99. The van der Waals surface area contributed by atoms with Crippen LogP contribution in [0.4, 0.5) is 0 Å². The minimum Gasteiger partial charge on any atom is -0.272 e. The molecule has 30 heavy (non-hydrogen) atoms. The molecule has 1 fully saturated rings. The molecule has 2 aromatic carbocycles. The molecule has 5 nitrogen and oxygen atoms in total. The van der Waals surface area contributed by atoms with E-state index < -0.39 is 17.7 Å². The van der Waals surface area contributed by atoms with Crippen LogP contribution in [0.25, 0.3) is 0 Å². The van der Waals surface area contributed by atoms with Gasteiger partial charge in [-0.2, -0.15) is 5.01 Å². The first-order valence-corrected chi connectivity index (χ1v) is 10.5. The van der Waals surface area contributed by atoms with Crippen molar-refractivity contribution in [1.82, 2.24) is 10.0 Å². The summed E-state index contributed by atoms with van der Waals surface area (Å²) in [6, 6.07) is 13.5. The third kappa shape index (κ3) is 3.64. The van der Waals surface area contributed by atoms with Crippen molar-refractivity contribution in [3.63, 3.8) is 0 Å².